The molecule has 1 amide bonds. The van der Waals surface area contributed by atoms with Crippen LogP contribution in [0.4, 0.5) is 5.82 Å². The van der Waals surface area contributed by atoms with Gasteiger partial charge in [-0.05, 0) is 37.8 Å². The summed E-state index contributed by atoms with van der Waals surface area (Å²) in [7, 11) is 0. The van der Waals surface area contributed by atoms with E-state index in [1.165, 1.54) is 6.42 Å². The van der Waals surface area contributed by atoms with Crippen molar-refractivity contribution in [2.45, 2.75) is 39.5 Å². The van der Waals surface area contributed by atoms with Gasteiger partial charge in [0.1, 0.15) is 11.4 Å². The topological polar surface area (TPSA) is 65.7 Å². The number of carbonyl (C=O) groups is 1. The van der Waals surface area contributed by atoms with Gasteiger partial charge in [0, 0.05) is 57.9 Å². The van der Waals surface area contributed by atoms with Gasteiger partial charge in [-0.15, -0.1) is 0 Å². The average Bonchev–Trinajstić information content (AvgIpc) is 3.16. The molecule has 0 N–H and O–H groups in total. The van der Waals surface area contributed by atoms with E-state index >= 15 is 0 Å². The van der Waals surface area contributed by atoms with Gasteiger partial charge in [0.15, 0.2) is 5.76 Å². The molecule has 7 nitrogen and oxygen atoms in total. The molecule has 4 rings (SSSR count). The van der Waals surface area contributed by atoms with Crippen molar-refractivity contribution in [3.63, 3.8) is 0 Å². The summed E-state index contributed by atoms with van der Waals surface area (Å²) in [5.41, 5.74) is 1.38. The zero-order chi connectivity index (χ0) is 21.1. The Balaban J connectivity index is 1.33. The maximum Gasteiger partial charge on any atom is 0.259 e. The first-order chi connectivity index (χ1) is 14.5. The molecular weight excluding hydrogens is 378 g/mol. The van der Waals surface area contributed by atoms with Crippen molar-refractivity contribution in [3.05, 3.63) is 41.4 Å². The van der Waals surface area contributed by atoms with E-state index in [0.717, 1.165) is 58.1 Å². The molecule has 0 aliphatic carbocycles. The lowest BCUT2D eigenvalue weighted by atomic mass is 9.95. The number of nitrogens with zero attached hydrogens (tertiary/aromatic N) is 5. The van der Waals surface area contributed by atoms with E-state index in [2.05, 4.69) is 26.0 Å². The molecule has 4 heterocycles. The van der Waals surface area contributed by atoms with Crippen LogP contribution in [0, 0.1) is 12.8 Å². The maximum absolute atomic E-state index is 13.2. The molecule has 0 aromatic carbocycles. The molecule has 0 saturated carbocycles. The Labute approximate surface area is 179 Å². The Morgan fingerprint density at radius 3 is 2.70 bits per heavy atom. The second-order valence-electron chi connectivity index (χ2n) is 8.90. The van der Waals surface area contributed by atoms with Crippen LogP contribution in [0.3, 0.4) is 0 Å². The van der Waals surface area contributed by atoms with Crippen molar-refractivity contribution in [1.82, 2.24) is 19.9 Å². The molecule has 1 unspecified atom stereocenters. The highest BCUT2D eigenvalue weighted by Crippen LogP contribution is 2.26. The second-order valence-corrected chi connectivity index (χ2v) is 8.90. The lowest BCUT2D eigenvalue weighted by Gasteiger charge is -2.39. The molecule has 2 aliphatic heterocycles. The van der Waals surface area contributed by atoms with E-state index in [0.29, 0.717) is 22.9 Å². The molecule has 162 valence electrons. The monoisotopic (exact) mass is 411 g/mol. The number of hydrogen-bond acceptors (Lipinski definition) is 6. The largest absolute Gasteiger partial charge is 0.360 e. The predicted octanol–water partition coefficient (Wildman–Crippen LogP) is 3.18. The minimum atomic E-state index is 0.0853. The van der Waals surface area contributed by atoms with Gasteiger partial charge in [0.05, 0.1) is 5.69 Å². The third-order valence-electron chi connectivity index (χ3n) is 6.30. The molecule has 2 saturated heterocycles. The number of carbonyl (C=O) groups excluding carboxylic acids is 1. The van der Waals surface area contributed by atoms with Crippen LogP contribution >= 0.6 is 0 Å². The Hall–Kier alpha value is -2.41. The first-order valence-corrected chi connectivity index (χ1v) is 11.2. The fourth-order valence-electron chi connectivity index (χ4n) is 4.66. The van der Waals surface area contributed by atoms with Crippen LogP contribution in [-0.2, 0) is 0 Å². The summed E-state index contributed by atoms with van der Waals surface area (Å²) in [5.74, 6) is 2.54. The summed E-state index contributed by atoms with van der Waals surface area (Å²) in [4.78, 5) is 24.6. The minimum Gasteiger partial charge on any atom is -0.360 e. The highest BCUT2D eigenvalue weighted by Gasteiger charge is 2.31. The third kappa shape index (κ3) is 4.51. The van der Waals surface area contributed by atoms with Crippen molar-refractivity contribution < 1.29 is 9.32 Å². The Kier molecular flexibility index (Phi) is 6.37. The molecule has 7 heteroatoms. The van der Waals surface area contributed by atoms with Crippen LogP contribution in [0.25, 0.3) is 0 Å². The van der Waals surface area contributed by atoms with Gasteiger partial charge in [-0.1, -0.05) is 25.1 Å². The van der Waals surface area contributed by atoms with Crippen LogP contribution in [-0.4, -0.2) is 71.7 Å². The predicted molar refractivity (Wildman–Crippen MR) is 117 cm³/mol. The van der Waals surface area contributed by atoms with Gasteiger partial charge in [-0.2, -0.15) is 0 Å². The van der Waals surface area contributed by atoms with Crippen LogP contribution in [0.2, 0.25) is 0 Å². The summed E-state index contributed by atoms with van der Waals surface area (Å²) in [6.45, 7) is 12.7. The molecule has 2 aromatic rings. The van der Waals surface area contributed by atoms with E-state index in [4.69, 9.17) is 4.52 Å². The Morgan fingerprint density at radius 1 is 1.20 bits per heavy atom. The first-order valence-electron chi connectivity index (χ1n) is 11.2. The van der Waals surface area contributed by atoms with Crippen molar-refractivity contribution in [2.24, 2.45) is 5.92 Å². The van der Waals surface area contributed by atoms with Gasteiger partial charge in [0.2, 0.25) is 0 Å². The van der Waals surface area contributed by atoms with Gasteiger partial charge in [-0.25, -0.2) is 4.98 Å². The normalized spacial score (nSPS) is 20.7. The molecule has 2 fully saturated rings. The number of rotatable bonds is 5. The number of anilines is 1. The van der Waals surface area contributed by atoms with Crippen molar-refractivity contribution >= 4 is 11.7 Å². The summed E-state index contributed by atoms with van der Waals surface area (Å²) >= 11 is 0. The van der Waals surface area contributed by atoms with Crippen molar-refractivity contribution in [3.8, 4) is 0 Å². The minimum absolute atomic E-state index is 0.0853. The number of aryl methyl sites for hydroxylation is 1. The lowest BCUT2D eigenvalue weighted by molar-refractivity contribution is 0.0634. The molecule has 2 aromatic heterocycles. The fourth-order valence-corrected chi connectivity index (χ4v) is 4.66. The van der Waals surface area contributed by atoms with Gasteiger partial charge < -0.3 is 14.3 Å². The number of piperazine rings is 1. The van der Waals surface area contributed by atoms with E-state index < -0.39 is 0 Å². The molecule has 2 aliphatic rings. The summed E-state index contributed by atoms with van der Waals surface area (Å²) < 4.78 is 5.45. The molecule has 0 spiro atoms. The fraction of sp³-hybridized carbons (Fsp3) is 0.609. The van der Waals surface area contributed by atoms with Crippen molar-refractivity contribution in [2.75, 3.05) is 50.7 Å². The van der Waals surface area contributed by atoms with E-state index in [-0.39, 0.29) is 11.8 Å². The number of hydrogen-bond donors (Lipinski definition) is 0. The zero-order valence-electron chi connectivity index (χ0n) is 18.4. The number of amides is 1. The number of pyridine rings is 1. The molecule has 1 atom stereocenters. The highest BCUT2D eigenvalue weighted by atomic mass is 16.5. The first kappa shape index (κ1) is 20.8. The summed E-state index contributed by atoms with van der Waals surface area (Å²) in [5, 5.41) is 4.06. The quantitative estimate of drug-likeness (QED) is 0.753. The zero-order valence-corrected chi connectivity index (χ0v) is 18.4. The van der Waals surface area contributed by atoms with Gasteiger partial charge in [0.25, 0.3) is 5.91 Å². The SMILES string of the molecule is Cc1noc(C(C)C)c1C(=O)N1CCCC(CN2CCN(c3ccccn3)CC2)C1. The Morgan fingerprint density at radius 2 is 2.00 bits per heavy atom. The average molecular weight is 412 g/mol. The smallest absolute Gasteiger partial charge is 0.259 e. The molecule has 0 radical (unpaired) electrons. The molecule has 30 heavy (non-hydrogen) atoms. The number of piperidine rings is 1. The highest BCUT2D eigenvalue weighted by molar-refractivity contribution is 5.96. The van der Waals surface area contributed by atoms with Gasteiger partial charge in [-0.3, -0.25) is 9.69 Å². The summed E-state index contributed by atoms with van der Waals surface area (Å²) in [6, 6.07) is 6.09. The number of aromatic nitrogens is 2. The lowest BCUT2D eigenvalue weighted by Crippen LogP contribution is -2.50. The maximum atomic E-state index is 13.2. The Bertz CT molecular complexity index is 843. The van der Waals surface area contributed by atoms with E-state index in [9.17, 15) is 4.79 Å². The number of likely N-dealkylation sites (tertiary alicyclic amines) is 1. The van der Waals surface area contributed by atoms with Crippen LogP contribution in [0.5, 0.6) is 0 Å². The molecular formula is C23H33N5O2. The third-order valence-corrected chi connectivity index (χ3v) is 6.30. The van der Waals surface area contributed by atoms with E-state index in [1.54, 1.807) is 0 Å². The van der Waals surface area contributed by atoms with Gasteiger partial charge >= 0.3 is 0 Å². The summed E-state index contributed by atoms with van der Waals surface area (Å²) in [6.07, 6.45) is 4.10. The molecule has 0 bridgehead atoms. The van der Waals surface area contributed by atoms with Crippen LogP contribution < -0.4 is 4.90 Å². The second kappa shape index (κ2) is 9.16. The van der Waals surface area contributed by atoms with E-state index in [1.807, 2.05) is 44.0 Å². The van der Waals surface area contributed by atoms with Crippen molar-refractivity contribution in [1.29, 1.82) is 0 Å². The van der Waals surface area contributed by atoms with Crippen LogP contribution in [0.15, 0.2) is 28.9 Å². The standard InChI is InChI=1S/C23H33N5O2/c1-17(2)22-21(18(3)25-30-22)23(29)28-10-6-7-19(16-28)15-26-11-13-27(14-12-26)20-8-4-5-9-24-20/h4-5,8-9,17,19H,6-7,10-16H2,1-3H3. The van der Waals surface area contributed by atoms with Crippen LogP contribution in [0.1, 0.15) is 54.4 Å².